The van der Waals surface area contributed by atoms with Crippen LogP contribution in [0.1, 0.15) is 46.4 Å². The van der Waals surface area contributed by atoms with E-state index in [9.17, 15) is 15.1 Å². The zero-order valence-electron chi connectivity index (χ0n) is 14.4. The van der Waals surface area contributed by atoms with Gasteiger partial charge in [-0.25, -0.2) is 4.79 Å². The SMILES string of the molecule is O=C(O)c1cccc2c3c(n(Cc4ccccc4)c12)CCCCC3=NO. The molecule has 2 aromatic carbocycles. The first-order chi connectivity index (χ1) is 12.7. The number of carboxylic acids is 1. The minimum absolute atomic E-state index is 0.281. The molecular weight excluding hydrogens is 328 g/mol. The molecule has 0 aliphatic heterocycles. The Kier molecular flexibility index (Phi) is 4.21. The molecular formula is C21H20N2O3. The number of para-hydroxylation sites is 1. The normalized spacial score (nSPS) is 15.8. The summed E-state index contributed by atoms with van der Waals surface area (Å²) in [5, 5.41) is 23.7. The molecule has 0 fully saturated rings. The minimum Gasteiger partial charge on any atom is -0.478 e. The lowest BCUT2D eigenvalue weighted by molar-refractivity contribution is 0.0698. The van der Waals surface area contributed by atoms with E-state index in [-0.39, 0.29) is 5.56 Å². The summed E-state index contributed by atoms with van der Waals surface area (Å²) >= 11 is 0. The number of hydrogen-bond donors (Lipinski definition) is 2. The fraction of sp³-hybridized carbons (Fsp3) is 0.238. The zero-order chi connectivity index (χ0) is 18.1. The van der Waals surface area contributed by atoms with Crippen LogP contribution in [0, 0.1) is 0 Å². The van der Waals surface area contributed by atoms with E-state index in [1.807, 2.05) is 36.4 Å². The van der Waals surface area contributed by atoms with Crippen LogP contribution >= 0.6 is 0 Å². The molecule has 0 spiro atoms. The third-order valence-electron chi connectivity index (χ3n) is 5.09. The van der Waals surface area contributed by atoms with E-state index >= 15 is 0 Å². The van der Waals surface area contributed by atoms with Crippen molar-refractivity contribution in [3.05, 3.63) is 70.9 Å². The first-order valence-corrected chi connectivity index (χ1v) is 8.83. The quantitative estimate of drug-likeness (QED) is 0.421. The van der Waals surface area contributed by atoms with Gasteiger partial charge in [-0.15, -0.1) is 0 Å². The Balaban J connectivity index is 2.05. The maximum absolute atomic E-state index is 11.9. The van der Waals surface area contributed by atoms with Crippen LogP contribution < -0.4 is 0 Å². The minimum atomic E-state index is -0.944. The van der Waals surface area contributed by atoms with E-state index in [1.54, 1.807) is 12.1 Å². The van der Waals surface area contributed by atoms with Crippen molar-refractivity contribution in [1.29, 1.82) is 0 Å². The predicted molar refractivity (Wildman–Crippen MR) is 100 cm³/mol. The Bertz CT molecular complexity index is 1000. The second-order valence-electron chi connectivity index (χ2n) is 6.65. The number of benzene rings is 2. The molecule has 0 amide bonds. The van der Waals surface area contributed by atoms with Crippen molar-refractivity contribution in [3.8, 4) is 0 Å². The molecule has 0 saturated heterocycles. The van der Waals surface area contributed by atoms with E-state index in [0.717, 1.165) is 41.5 Å². The van der Waals surface area contributed by atoms with E-state index in [2.05, 4.69) is 9.72 Å². The number of oxime groups is 1. The molecule has 1 aliphatic carbocycles. The summed E-state index contributed by atoms with van der Waals surface area (Å²) in [4.78, 5) is 11.9. The molecule has 2 N–H and O–H groups in total. The third-order valence-corrected chi connectivity index (χ3v) is 5.09. The summed E-state index contributed by atoms with van der Waals surface area (Å²) in [6.07, 6.45) is 3.49. The van der Waals surface area contributed by atoms with Gasteiger partial charge in [-0.3, -0.25) is 0 Å². The van der Waals surface area contributed by atoms with Crippen molar-refractivity contribution in [2.45, 2.75) is 32.2 Å². The lowest BCUT2D eigenvalue weighted by Gasteiger charge is -2.12. The molecule has 0 atom stereocenters. The summed E-state index contributed by atoms with van der Waals surface area (Å²) < 4.78 is 2.10. The van der Waals surface area contributed by atoms with Gasteiger partial charge in [0.05, 0.1) is 16.8 Å². The molecule has 1 aromatic heterocycles. The Morgan fingerprint density at radius 3 is 2.54 bits per heavy atom. The number of carbonyl (C=O) groups is 1. The second kappa shape index (κ2) is 6.67. The summed E-state index contributed by atoms with van der Waals surface area (Å²) in [7, 11) is 0. The number of nitrogens with zero attached hydrogens (tertiary/aromatic N) is 2. The summed E-state index contributed by atoms with van der Waals surface area (Å²) in [5.74, 6) is -0.944. The van der Waals surface area contributed by atoms with Crippen molar-refractivity contribution >= 4 is 22.6 Å². The van der Waals surface area contributed by atoms with Crippen molar-refractivity contribution in [2.24, 2.45) is 5.16 Å². The summed E-state index contributed by atoms with van der Waals surface area (Å²) in [5.41, 5.74) is 4.71. The number of aromatic nitrogens is 1. The van der Waals surface area contributed by atoms with Gasteiger partial charge >= 0.3 is 5.97 Å². The first-order valence-electron chi connectivity index (χ1n) is 8.83. The predicted octanol–water partition coefficient (Wildman–Crippen LogP) is 4.29. The molecule has 26 heavy (non-hydrogen) atoms. The van der Waals surface area contributed by atoms with Gasteiger partial charge in [0.1, 0.15) is 0 Å². The molecule has 0 unspecified atom stereocenters. The van der Waals surface area contributed by atoms with Crippen LogP contribution in [0.15, 0.2) is 53.7 Å². The van der Waals surface area contributed by atoms with Gasteiger partial charge < -0.3 is 14.9 Å². The van der Waals surface area contributed by atoms with Gasteiger partial charge in [0.25, 0.3) is 0 Å². The van der Waals surface area contributed by atoms with Crippen LogP contribution in [0.25, 0.3) is 10.9 Å². The molecule has 1 heterocycles. The molecule has 0 radical (unpaired) electrons. The number of rotatable bonds is 3. The van der Waals surface area contributed by atoms with E-state index < -0.39 is 5.97 Å². The lowest BCUT2D eigenvalue weighted by atomic mass is 10.0. The average Bonchev–Trinajstić information content (AvgIpc) is 2.82. The molecule has 5 nitrogen and oxygen atoms in total. The Morgan fingerprint density at radius 1 is 1.04 bits per heavy atom. The Labute approximate surface area is 151 Å². The first kappa shape index (κ1) is 16.4. The highest BCUT2D eigenvalue weighted by Crippen LogP contribution is 2.34. The van der Waals surface area contributed by atoms with Crippen molar-refractivity contribution in [1.82, 2.24) is 4.57 Å². The topological polar surface area (TPSA) is 74.8 Å². The maximum Gasteiger partial charge on any atom is 0.337 e. The molecule has 1 aliphatic rings. The number of hydrogen-bond acceptors (Lipinski definition) is 3. The van der Waals surface area contributed by atoms with Gasteiger partial charge in [-0.1, -0.05) is 47.6 Å². The van der Waals surface area contributed by atoms with Crippen molar-refractivity contribution in [2.75, 3.05) is 0 Å². The molecule has 132 valence electrons. The standard InChI is InChI=1S/C21H20N2O3/c24-21(25)16-10-6-9-15-19-17(22-26)11-4-5-12-18(19)23(20(15)16)13-14-7-2-1-3-8-14/h1-3,6-10,26H,4-5,11-13H2,(H,24,25). The molecule has 4 rings (SSSR count). The monoisotopic (exact) mass is 348 g/mol. The number of carboxylic acid groups (broad SMARTS) is 1. The van der Waals surface area contributed by atoms with Gasteiger partial charge in [0.2, 0.25) is 0 Å². The highest BCUT2D eigenvalue weighted by molar-refractivity contribution is 6.15. The van der Waals surface area contributed by atoms with E-state index in [4.69, 9.17) is 0 Å². The van der Waals surface area contributed by atoms with Crippen LogP contribution in [0.5, 0.6) is 0 Å². The smallest absolute Gasteiger partial charge is 0.337 e. The van der Waals surface area contributed by atoms with Gasteiger partial charge in [-0.05, 0) is 37.3 Å². The maximum atomic E-state index is 11.9. The molecule has 0 saturated carbocycles. The Hall–Kier alpha value is -3.08. The van der Waals surface area contributed by atoms with Gasteiger partial charge in [0, 0.05) is 23.2 Å². The van der Waals surface area contributed by atoms with Crippen LogP contribution in [0.3, 0.4) is 0 Å². The highest BCUT2D eigenvalue weighted by Gasteiger charge is 2.26. The van der Waals surface area contributed by atoms with Crippen LogP contribution in [-0.2, 0) is 13.0 Å². The summed E-state index contributed by atoms with van der Waals surface area (Å²) in [6, 6.07) is 15.4. The van der Waals surface area contributed by atoms with Crippen LogP contribution in [0.4, 0.5) is 0 Å². The average molecular weight is 348 g/mol. The van der Waals surface area contributed by atoms with E-state index in [1.165, 1.54) is 0 Å². The largest absolute Gasteiger partial charge is 0.478 e. The van der Waals surface area contributed by atoms with Gasteiger partial charge in [0.15, 0.2) is 0 Å². The van der Waals surface area contributed by atoms with E-state index in [0.29, 0.717) is 24.2 Å². The zero-order valence-corrected chi connectivity index (χ0v) is 14.4. The fourth-order valence-electron chi connectivity index (χ4n) is 3.97. The molecule has 0 bridgehead atoms. The molecule has 5 heteroatoms. The fourth-order valence-corrected chi connectivity index (χ4v) is 3.97. The van der Waals surface area contributed by atoms with Gasteiger partial charge in [-0.2, -0.15) is 0 Å². The third kappa shape index (κ3) is 2.65. The molecule has 3 aromatic rings. The highest BCUT2D eigenvalue weighted by atomic mass is 16.4. The van der Waals surface area contributed by atoms with Crippen LogP contribution in [-0.4, -0.2) is 26.6 Å². The Morgan fingerprint density at radius 2 is 1.81 bits per heavy atom. The second-order valence-corrected chi connectivity index (χ2v) is 6.65. The number of fused-ring (bicyclic) bond motifs is 3. The lowest BCUT2D eigenvalue weighted by Crippen LogP contribution is -2.08. The van der Waals surface area contributed by atoms with Crippen molar-refractivity contribution in [3.63, 3.8) is 0 Å². The summed E-state index contributed by atoms with van der Waals surface area (Å²) in [6.45, 7) is 0.593. The number of aromatic carboxylic acids is 1. The van der Waals surface area contributed by atoms with Crippen molar-refractivity contribution < 1.29 is 15.1 Å². The van der Waals surface area contributed by atoms with Crippen LogP contribution in [0.2, 0.25) is 0 Å².